The molecule has 3 amide bonds. The van der Waals surface area contributed by atoms with Gasteiger partial charge in [-0.3, -0.25) is 14.4 Å². The summed E-state index contributed by atoms with van der Waals surface area (Å²) in [5.41, 5.74) is 2.91. The molecule has 1 saturated heterocycles. The average molecular weight is 451 g/mol. The van der Waals surface area contributed by atoms with Gasteiger partial charge < -0.3 is 15.5 Å². The number of piperidine rings is 1. The third kappa shape index (κ3) is 5.56. The van der Waals surface area contributed by atoms with Crippen molar-refractivity contribution in [2.75, 3.05) is 23.7 Å². The zero-order chi connectivity index (χ0) is 22.5. The highest BCUT2D eigenvalue weighted by molar-refractivity contribution is 8.15. The van der Waals surface area contributed by atoms with Crippen LogP contribution < -0.4 is 10.6 Å². The number of nitrogens with zero attached hydrogens (tertiary/aromatic N) is 2. The van der Waals surface area contributed by atoms with Crippen molar-refractivity contribution in [1.82, 2.24) is 4.90 Å². The van der Waals surface area contributed by atoms with Crippen LogP contribution in [0.1, 0.15) is 41.6 Å². The molecule has 1 fully saturated rings. The molecule has 32 heavy (non-hydrogen) atoms. The molecule has 2 heterocycles. The number of amides is 3. The van der Waals surface area contributed by atoms with Gasteiger partial charge in [-0.15, -0.1) is 0 Å². The molecule has 1 unspecified atom stereocenters. The number of likely N-dealkylation sites (tertiary alicyclic amines) is 1. The Hall–Kier alpha value is -3.13. The highest BCUT2D eigenvalue weighted by atomic mass is 32.2. The van der Waals surface area contributed by atoms with Crippen molar-refractivity contribution in [2.24, 2.45) is 4.99 Å². The first-order valence-electron chi connectivity index (χ1n) is 10.8. The van der Waals surface area contributed by atoms with Crippen molar-refractivity contribution in [1.29, 1.82) is 0 Å². The smallest absolute Gasteiger partial charge is 0.262 e. The zero-order valence-corrected chi connectivity index (χ0v) is 18.8. The first-order chi connectivity index (χ1) is 15.5. The Morgan fingerprint density at radius 2 is 1.59 bits per heavy atom. The van der Waals surface area contributed by atoms with Crippen molar-refractivity contribution < 1.29 is 14.4 Å². The number of benzene rings is 2. The quantitative estimate of drug-likeness (QED) is 0.717. The lowest BCUT2D eigenvalue weighted by Gasteiger charge is -2.27. The molecule has 0 saturated carbocycles. The van der Waals surface area contributed by atoms with Gasteiger partial charge in [0.15, 0.2) is 5.17 Å². The molecule has 0 aliphatic carbocycles. The summed E-state index contributed by atoms with van der Waals surface area (Å²) in [4.78, 5) is 43.4. The Kier molecular flexibility index (Phi) is 6.90. The number of hydrogen-bond acceptors (Lipinski definition) is 5. The van der Waals surface area contributed by atoms with Crippen LogP contribution >= 0.6 is 11.8 Å². The fourth-order valence-corrected chi connectivity index (χ4v) is 4.77. The molecular weight excluding hydrogens is 424 g/mol. The molecular formula is C24H26N4O3S. The number of anilines is 2. The van der Waals surface area contributed by atoms with Crippen molar-refractivity contribution in [2.45, 2.75) is 37.9 Å². The second-order valence-corrected chi connectivity index (χ2v) is 9.21. The fourth-order valence-electron chi connectivity index (χ4n) is 3.66. The predicted octanol–water partition coefficient (Wildman–Crippen LogP) is 4.06. The highest BCUT2D eigenvalue weighted by Gasteiger charge is 2.33. The van der Waals surface area contributed by atoms with E-state index in [0.29, 0.717) is 11.3 Å². The molecule has 0 radical (unpaired) electrons. The van der Waals surface area contributed by atoms with E-state index in [-0.39, 0.29) is 24.1 Å². The fraction of sp³-hybridized carbons (Fsp3) is 0.333. The van der Waals surface area contributed by atoms with Crippen molar-refractivity contribution >= 4 is 46.0 Å². The van der Waals surface area contributed by atoms with Crippen molar-refractivity contribution in [3.63, 3.8) is 0 Å². The SMILES string of the molecule is Cc1ccc(NC(=O)c2ccc(NC(=O)CC3SC(N4CCCCC4)=NC3=O)cc2)cc1. The minimum atomic E-state index is -0.480. The van der Waals surface area contributed by atoms with E-state index in [1.807, 2.05) is 31.2 Å². The van der Waals surface area contributed by atoms with E-state index in [9.17, 15) is 14.4 Å². The van der Waals surface area contributed by atoms with Gasteiger partial charge in [0, 0.05) is 36.4 Å². The molecule has 2 N–H and O–H groups in total. The summed E-state index contributed by atoms with van der Waals surface area (Å²) < 4.78 is 0. The van der Waals surface area contributed by atoms with E-state index < -0.39 is 5.25 Å². The van der Waals surface area contributed by atoms with Crippen LogP contribution in [0, 0.1) is 6.92 Å². The number of nitrogens with one attached hydrogen (secondary N) is 2. The maximum atomic E-state index is 12.5. The molecule has 0 spiro atoms. The number of amidine groups is 1. The van der Waals surface area contributed by atoms with E-state index in [4.69, 9.17) is 0 Å². The van der Waals surface area contributed by atoms with Crippen LogP contribution in [-0.4, -0.2) is 46.1 Å². The van der Waals surface area contributed by atoms with Crippen LogP contribution in [0.4, 0.5) is 11.4 Å². The van der Waals surface area contributed by atoms with Gasteiger partial charge in [-0.05, 0) is 62.6 Å². The topological polar surface area (TPSA) is 90.9 Å². The van der Waals surface area contributed by atoms with Gasteiger partial charge in [0.05, 0.1) is 0 Å². The first-order valence-corrected chi connectivity index (χ1v) is 11.7. The maximum Gasteiger partial charge on any atom is 0.262 e. The molecule has 7 nitrogen and oxygen atoms in total. The normalized spacial score (nSPS) is 18.3. The summed E-state index contributed by atoms with van der Waals surface area (Å²) in [7, 11) is 0. The van der Waals surface area contributed by atoms with Crippen LogP contribution in [0.5, 0.6) is 0 Å². The van der Waals surface area contributed by atoms with Crippen LogP contribution in [0.15, 0.2) is 53.5 Å². The van der Waals surface area contributed by atoms with Gasteiger partial charge in [0.1, 0.15) is 5.25 Å². The molecule has 2 aliphatic rings. The Balaban J connectivity index is 1.28. The standard InChI is InChI=1S/C24H26N4O3S/c1-16-5-9-19(10-6-16)26-22(30)17-7-11-18(12-8-17)25-21(29)15-20-23(31)27-24(32-20)28-13-3-2-4-14-28/h5-12,20H,2-4,13-15H2,1H3,(H,25,29)(H,26,30). The summed E-state index contributed by atoms with van der Waals surface area (Å²) in [5.74, 6) is -0.710. The van der Waals surface area contributed by atoms with Gasteiger partial charge in [-0.2, -0.15) is 4.99 Å². The van der Waals surface area contributed by atoms with Crippen LogP contribution in [0.25, 0.3) is 0 Å². The lowest BCUT2D eigenvalue weighted by molar-refractivity contribution is -0.121. The summed E-state index contributed by atoms with van der Waals surface area (Å²) in [6.45, 7) is 3.82. The van der Waals surface area contributed by atoms with Crippen LogP contribution in [0.3, 0.4) is 0 Å². The number of carbonyl (C=O) groups excluding carboxylic acids is 3. The minimum Gasteiger partial charge on any atom is -0.351 e. The number of carbonyl (C=O) groups is 3. The number of hydrogen-bond donors (Lipinski definition) is 2. The second-order valence-electron chi connectivity index (χ2n) is 8.04. The number of thioether (sulfide) groups is 1. The molecule has 0 bridgehead atoms. The summed E-state index contributed by atoms with van der Waals surface area (Å²) in [6.07, 6.45) is 3.50. The maximum absolute atomic E-state index is 12.5. The Bertz CT molecular complexity index is 1030. The highest BCUT2D eigenvalue weighted by Crippen LogP contribution is 2.29. The Labute approximate surface area is 191 Å². The van der Waals surface area contributed by atoms with Gasteiger partial charge in [-0.25, -0.2) is 0 Å². The van der Waals surface area contributed by atoms with E-state index in [1.165, 1.54) is 18.2 Å². The van der Waals surface area contributed by atoms with E-state index >= 15 is 0 Å². The molecule has 4 rings (SSSR count). The van der Waals surface area contributed by atoms with E-state index in [0.717, 1.165) is 42.3 Å². The molecule has 1 atom stereocenters. The molecule has 2 aliphatic heterocycles. The van der Waals surface area contributed by atoms with Gasteiger partial charge in [0.2, 0.25) is 5.91 Å². The van der Waals surface area contributed by atoms with Gasteiger partial charge in [0.25, 0.3) is 11.8 Å². The summed E-state index contributed by atoms with van der Waals surface area (Å²) in [6, 6.07) is 14.3. The van der Waals surface area contributed by atoms with Crippen LogP contribution in [0.2, 0.25) is 0 Å². The Morgan fingerprint density at radius 3 is 2.28 bits per heavy atom. The van der Waals surface area contributed by atoms with Gasteiger partial charge >= 0.3 is 0 Å². The minimum absolute atomic E-state index is 0.0694. The molecule has 2 aromatic carbocycles. The number of aryl methyl sites for hydroxylation is 1. The number of rotatable bonds is 5. The second kappa shape index (κ2) is 9.99. The largest absolute Gasteiger partial charge is 0.351 e. The molecule has 8 heteroatoms. The molecule has 0 aromatic heterocycles. The lowest BCUT2D eigenvalue weighted by Crippen LogP contribution is -2.33. The van der Waals surface area contributed by atoms with Crippen LogP contribution in [-0.2, 0) is 9.59 Å². The van der Waals surface area contributed by atoms with Crippen molar-refractivity contribution in [3.05, 3.63) is 59.7 Å². The monoisotopic (exact) mass is 450 g/mol. The predicted molar refractivity (Wildman–Crippen MR) is 128 cm³/mol. The summed E-state index contributed by atoms with van der Waals surface area (Å²) >= 11 is 1.38. The Morgan fingerprint density at radius 1 is 0.969 bits per heavy atom. The van der Waals surface area contributed by atoms with E-state index in [2.05, 4.69) is 20.5 Å². The molecule has 166 valence electrons. The summed E-state index contributed by atoms with van der Waals surface area (Å²) in [5, 5.41) is 5.92. The zero-order valence-electron chi connectivity index (χ0n) is 18.0. The lowest BCUT2D eigenvalue weighted by atomic mass is 10.1. The van der Waals surface area contributed by atoms with Crippen molar-refractivity contribution in [3.8, 4) is 0 Å². The number of aliphatic imine (C=N–C) groups is 1. The molecule has 2 aromatic rings. The third-order valence-electron chi connectivity index (χ3n) is 5.47. The third-order valence-corrected chi connectivity index (χ3v) is 6.68. The first kappa shape index (κ1) is 22.1. The van der Waals surface area contributed by atoms with E-state index in [1.54, 1.807) is 24.3 Å². The van der Waals surface area contributed by atoms with Gasteiger partial charge in [-0.1, -0.05) is 29.5 Å². The average Bonchev–Trinajstić information content (AvgIpc) is 3.16.